The van der Waals surface area contributed by atoms with Crippen LogP contribution in [0, 0.1) is 5.41 Å². The van der Waals surface area contributed by atoms with Crippen molar-refractivity contribution in [3.05, 3.63) is 0 Å². The highest BCUT2D eigenvalue weighted by molar-refractivity contribution is 5.95. The van der Waals surface area contributed by atoms with E-state index in [4.69, 9.17) is 0 Å². The van der Waals surface area contributed by atoms with Crippen molar-refractivity contribution in [1.82, 2.24) is 9.80 Å². The van der Waals surface area contributed by atoms with Gasteiger partial charge in [0.1, 0.15) is 6.04 Å². The van der Waals surface area contributed by atoms with Crippen molar-refractivity contribution in [2.24, 2.45) is 5.41 Å². The summed E-state index contributed by atoms with van der Waals surface area (Å²) in [6.07, 6.45) is 6.67. The van der Waals surface area contributed by atoms with Crippen LogP contribution in [0.1, 0.15) is 45.4 Å². The third-order valence-corrected chi connectivity index (χ3v) is 4.76. The molecule has 0 radical (unpaired) electrons. The summed E-state index contributed by atoms with van der Waals surface area (Å²) >= 11 is 0. The molecule has 4 nitrogen and oxygen atoms in total. The van der Waals surface area contributed by atoms with E-state index in [1.165, 1.54) is 25.7 Å². The summed E-state index contributed by atoms with van der Waals surface area (Å²) in [5, 5.41) is 0. The molecule has 1 saturated carbocycles. The molecule has 0 aromatic rings. The molecule has 0 aromatic heterocycles. The van der Waals surface area contributed by atoms with Crippen LogP contribution < -0.4 is 0 Å². The number of carbonyl (C=O) groups excluding carboxylic acids is 2. The van der Waals surface area contributed by atoms with Crippen LogP contribution in [0.2, 0.25) is 0 Å². The Morgan fingerprint density at radius 3 is 2.78 bits per heavy atom. The average Bonchev–Trinajstić information content (AvgIpc) is 2.92. The van der Waals surface area contributed by atoms with Crippen LogP contribution in [0.15, 0.2) is 0 Å². The average molecular weight is 250 g/mol. The second-order valence-electron chi connectivity index (χ2n) is 6.19. The van der Waals surface area contributed by atoms with E-state index >= 15 is 0 Å². The van der Waals surface area contributed by atoms with E-state index in [-0.39, 0.29) is 17.9 Å². The van der Waals surface area contributed by atoms with Gasteiger partial charge in [-0.25, -0.2) is 0 Å². The molecular weight excluding hydrogens is 228 g/mol. The molecule has 2 heterocycles. The van der Waals surface area contributed by atoms with E-state index < -0.39 is 0 Å². The Kier molecular flexibility index (Phi) is 2.83. The number of nitrogens with zero attached hydrogens (tertiary/aromatic N) is 2. The number of hydrogen-bond donors (Lipinski definition) is 0. The summed E-state index contributed by atoms with van der Waals surface area (Å²) < 4.78 is 0. The lowest BCUT2D eigenvalue weighted by Gasteiger charge is -2.38. The van der Waals surface area contributed by atoms with Crippen molar-refractivity contribution in [3.8, 4) is 0 Å². The fourth-order valence-corrected chi connectivity index (χ4v) is 3.60. The maximum Gasteiger partial charge on any atom is 0.245 e. The Morgan fingerprint density at radius 1 is 1.33 bits per heavy atom. The quantitative estimate of drug-likeness (QED) is 0.756. The molecule has 1 unspecified atom stereocenters. The fraction of sp³-hybridized carbons (Fsp3) is 0.857. The topological polar surface area (TPSA) is 40.6 Å². The molecule has 3 fully saturated rings. The fourth-order valence-electron chi connectivity index (χ4n) is 3.60. The van der Waals surface area contributed by atoms with Crippen molar-refractivity contribution in [1.29, 1.82) is 0 Å². The predicted octanol–water partition coefficient (Wildman–Crippen LogP) is 1.40. The van der Waals surface area contributed by atoms with Crippen LogP contribution in [-0.4, -0.2) is 47.3 Å². The van der Waals surface area contributed by atoms with Gasteiger partial charge >= 0.3 is 0 Å². The van der Waals surface area contributed by atoms with Crippen molar-refractivity contribution < 1.29 is 9.59 Å². The zero-order chi connectivity index (χ0) is 12.8. The van der Waals surface area contributed by atoms with Gasteiger partial charge in [-0.2, -0.15) is 0 Å². The molecule has 18 heavy (non-hydrogen) atoms. The number of rotatable bonds is 4. The maximum absolute atomic E-state index is 12.4. The summed E-state index contributed by atoms with van der Waals surface area (Å²) in [6.45, 7) is 4.11. The SMILES string of the molecule is CCCC1(CN2CC(=O)N3CCCC3C2=O)CC1. The summed E-state index contributed by atoms with van der Waals surface area (Å²) in [7, 11) is 0. The van der Waals surface area contributed by atoms with Gasteiger partial charge in [0.15, 0.2) is 0 Å². The molecule has 4 heteroatoms. The van der Waals surface area contributed by atoms with Gasteiger partial charge in [0.2, 0.25) is 11.8 Å². The third-order valence-electron chi connectivity index (χ3n) is 4.76. The number of hydrogen-bond acceptors (Lipinski definition) is 2. The van der Waals surface area contributed by atoms with E-state index in [2.05, 4.69) is 6.92 Å². The van der Waals surface area contributed by atoms with Gasteiger partial charge in [-0.05, 0) is 37.5 Å². The van der Waals surface area contributed by atoms with Crippen LogP contribution in [0.5, 0.6) is 0 Å². The molecule has 2 saturated heterocycles. The minimum Gasteiger partial charge on any atom is -0.331 e. The van der Waals surface area contributed by atoms with Crippen LogP contribution in [0.4, 0.5) is 0 Å². The summed E-state index contributed by atoms with van der Waals surface area (Å²) in [5.74, 6) is 0.360. The van der Waals surface area contributed by atoms with Gasteiger partial charge in [-0.15, -0.1) is 0 Å². The molecule has 1 aliphatic carbocycles. The molecule has 0 spiro atoms. The smallest absolute Gasteiger partial charge is 0.245 e. The minimum atomic E-state index is -0.135. The second-order valence-corrected chi connectivity index (χ2v) is 6.19. The molecule has 100 valence electrons. The molecule has 0 bridgehead atoms. The van der Waals surface area contributed by atoms with E-state index in [0.29, 0.717) is 12.0 Å². The van der Waals surface area contributed by atoms with Crippen LogP contribution in [0.25, 0.3) is 0 Å². The number of carbonyl (C=O) groups is 2. The minimum absolute atomic E-state index is 0.135. The Bertz CT molecular complexity index is 376. The van der Waals surface area contributed by atoms with Gasteiger partial charge in [-0.1, -0.05) is 13.3 Å². The summed E-state index contributed by atoms with van der Waals surface area (Å²) in [4.78, 5) is 28.1. The summed E-state index contributed by atoms with van der Waals surface area (Å²) in [5.41, 5.74) is 0.353. The zero-order valence-corrected chi connectivity index (χ0v) is 11.2. The Hall–Kier alpha value is -1.06. The standard InChI is InChI=1S/C14H22N2O2/c1-2-5-14(6-7-14)10-15-9-12(17)16-8-3-4-11(16)13(15)18/h11H,2-10H2,1H3. The first-order valence-electron chi connectivity index (χ1n) is 7.23. The van der Waals surface area contributed by atoms with E-state index in [0.717, 1.165) is 25.9 Å². The Labute approximate surface area is 108 Å². The first-order chi connectivity index (χ1) is 8.65. The van der Waals surface area contributed by atoms with Crippen LogP contribution in [-0.2, 0) is 9.59 Å². The first kappa shape index (κ1) is 12.0. The lowest BCUT2D eigenvalue weighted by molar-refractivity contribution is -0.154. The van der Waals surface area contributed by atoms with E-state index in [1.807, 2.05) is 4.90 Å². The number of fused-ring (bicyclic) bond motifs is 1. The van der Waals surface area contributed by atoms with Crippen molar-refractivity contribution in [2.75, 3.05) is 19.6 Å². The van der Waals surface area contributed by atoms with E-state index in [1.54, 1.807) is 4.90 Å². The third kappa shape index (κ3) is 1.91. The largest absolute Gasteiger partial charge is 0.331 e. The van der Waals surface area contributed by atoms with Gasteiger partial charge in [0.05, 0.1) is 6.54 Å². The maximum atomic E-state index is 12.4. The Balaban J connectivity index is 1.69. The van der Waals surface area contributed by atoms with Gasteiger partial charge in [0, 0.05) is 13.1 Å². The van der Waals surface area contributed by atoms with Crippen molar-refractivity contribution in [2.45, 2.75) is 51.5 Å². The molecule has 2 amide bonds. The van der Waals surface area contributed by atoms with Gasteiger partial charge in [0.25, 0.3) is 0 Å². The number of amides is 2. The molecule has 3 aliphatic rings. The summed E-state index contributed by atoms with van der Waals surface area (Å²) in [6, 6.07) is -0.135. The van der Waals surface area contributed by atoms with Gasteiger partial charge in [-0.3, -0.25) is 9.59 Å². The number of piperazine rings is 1. The molecule has 1 atom stereocenters. The zero-order valence-electron chi connectivity index (χ0n) is 11.2. The highest BCUT2D eigenvalue weighted by atomic mass is 16.2. The molecular formula is C14H22N2O2. The molecule has 2 aliphatic heterocycles. The Morgan fingerprint density at radius 2 is 2.11 bits per heavy atom. The molecule has 3 rings (SSSR count). The first-order valence-corrected chi connectivity index (χ1v) is 7.23. The highest BCUT2D eigenvalue weighted by Gasteiger charge is 2.48. The normalized spacial score (nSPS) is 29.7. The lowest BCUT2D eigenvalue weighted by Crippen LogP contribution is -2.58. The monoisotopic (exact) mass is 250 g/mol. The van der Waals surface area contributed by atoms with Crippen molar-refractivity contribution >= 4 is 11.8 Å². The predicted molar refractivity (Wildman–Crippen MR) is 67.9 cm³/mol. The van der Waals surface area contributed by atoms with Gasteiger partial charge < -0.3 is 9.80 Å². The second kappa shape index (κ2) is 4.25. The highest BCUT2D eigenvalue weighted by Crippen LogP contribution is 2.50. The molecule has 0 aromatic carbocycles. The van der Waals surface area contributed by atoms with Crippen molar-refractivity contribution in [3.63, 3.8) is 0 Å². The van der Waals surface area contributed by atoms with Crippen LogP contribution in [0.3, 0.4) is 0 Å². The molecule has 0 N–H and O–H groups in total. The van der Waals surface area contributed by atoms with Crippen LogP contribution >= 0.6 is 0 Å². The van der Waals surface area contributed by atoms with E-state index in [9.17, 15) is 9.59 Å². The lowest BCUT2D eigenvalue weighted by atomic mass is 9.98.